The molecule has 0 N–H and O–H groups in total. The lowest BCUT2D eigenvalue weighted by atomic mass is 10.1. The normalized spacial score (nSPS) is 16.1. The second-order valence-corrected chi connectivity index (χ2v) is 6.07. The van der Waals surface area contributed by atoms with Gasteiger partial charge in [0.1, 0.15) is 0 Å². The molecule has 0 spiro atoms. The van der Waals surface area contributed by atoms with Crippen molar-refractivity contribution in [2.45, 2.75) is 31.9 Å². The van der Waals surface area contributed by atoms with Crippen LogP contribution in [0.4, 0.5) is 0 Å². The van der Waals surface area contributed by atoms with E-state index in [1.165, 1.54) is 30.6 Å². The van der Waals surface area contributed by atoms with E-state index in [2.05, 4.69) is 25.1 Å². The second kappa shape index (κ2) is 5.97. The number of fused-ring (bicyclic) bond motifs is 1. The third-order valence-corrected chi connectivity index (χ3v) is 4.97. The van der Waals surface area contributed by atoms with Gasteiger partial charge in [-0.2, -0.15) is 11.8 Å². The maximum absolute atomic E-state index is 5.80. The number of thioether (sulfide) groups is 1. The smallest absolute Gasteiger partial charge is 0.0257 e. The van der Waals surface area contributed by atoms with Crippen LogP contribution in [0.1, 0.15) is 30.0 Å². The second-order valence-electron chi connectivity index (χ2n) is 4.73. The molecule has 0 heterocycles. The highest BCUT2D eigenvalue weighted by atomic mass is 35.5. The number of benzene rings is 1. The minimum atomic E-state index is 0.626. The molecule has 1 aliphatic rings. The Bertz CT molecular complexity index is 349. The molecule has 1 aromatic rings. The van der Waals surface area contributed by atoms with Gasteiger partial charge < -0.3 is 0 Å². The van der Waals surface area contributed by atoms with Crippen molar-refractivity contribution in [3.63, 3.8) is 0 Å². The number of hydrogen-bond donors (Lipinski definition) is 0. The van der Waals surface area contributed by atoms with Crippen molar-refractivity contribution in [1.29, 1.82) is 0 Å². The molecule has 0 amide bonds. The summed E-state index contributed by atoms with van der Waals surface area (Å²) in [5.74, 6) is 3.70. The highest BCUT2D eigenvalue weighted by Crippen LogP contribution is 2.25. The van der Waals surface area contributed by atoms with Crippen LogP contribution in [0, 0.1) is 5.92 Å². The predicted octanol–water partition coefficient (Wildman–Crippen LogP) is 4.28. The Kier molecular flexibility index (Phi) is 4.60. The van der Waals surface area contributed by atoms with Crippen molar-refractivity contribution in [3.8, 4) is 0 Å². The summed E-state index contributed by atoms with van der Waals surface area (Å²) < 4.78 is 0. The molecular formula is C14H19ClS. The monoisotopic (exact) mass is 254 g/mol. The lowest BCUT2D eigenvalue weighted by Crippen LogP contribution is -1.99. The van der Waals surface area contributed by atoms with Gasteiger partial charge in [0.25, 0.3) is 0 Å². The molecule has 0 saturated heterocycles. The third-order valence-electron chi connectivity index (χ3n) is 3.10. The van der Waals surface area contributed by atoms with Gasteiger partial charge in [-0.1, -0.05) is 25.1 Å². The van der Waals surface area contributed by atoms with E-state index >= 15 is 0 Å². The van der Waals surface area contributed by atoms with Gasteiger partial charge >= 0.3 is 0 Å². The molecule has 0 saturated carbocycles. The van der Waals surface area contributed by atoms with E-state index in [-0.39, 0.29) is 0 Å². The van der Waals surface area contributed by atoms with Gasteiger partial charge in [0.2, 0.25) is 0 Å². The van der Waals surface area contributed by atoms with E-state index in [0.717, 1.165) is 11.6 Å². The summed E-state index contributed by atoms with van der Waals surface area (Å²) in [7, 11) is 0. The van der Waals surface area contributed by atoms with Crippen LogP contribution in [0.15, 0.2) is 18.2 Å². The molecule has 0 aliphatic heterocycles. The molecule has 1 atom stereocenters. The Balaban J connectivity index is 1.86. The first-order valence-electron chi connectivity index (χ1n) is 6.04. The summed E-state index contributed by atoms with van der Waals surface area (Å²) in [5.41, 5.74) is 4.64. The van der Waals surface area contributed by atoms with E-state index in [1.807, 2.05) is 11.8 Å². The number of rotatable bonds is 5. The third kappa shape index (κ3) is 3.18. The number of hydrogen-bond acceptors (Lipinski definition) is 1. The van der Waals surface area contributed by atoms with Crippen molar-refractivity contribution in [2.75, 3.05) is 11.6 Å². The molecule has 1 unspecified atom stereocenters. The zero-order valence-electron chi connectivity index (χ0n) is 9.84. The van der Waals surface area contributed by atoms with Gasteiger partial charge in [-0.25, -0.2) is 0 Å². The minimum Gasteiger partial charge on any atom is -0.157 e. The number of aryl methyl sites for hydroxylation is 2. The molecule has 0 bridgehead atoms. The fraction of sp³-hybridized carbons (Fsp3) is 0.571. The van der Waals surface area contributed by atoms with E-state index in [0.29, 0.717) is 5.92 Å². The molecule has 88 valence electrons. The summed E-state index contributed by atoms with van der Waals surface area (Å²) in [6, 6.07) is 7.02. The van der Waals surface area contributed by atoms with Crippen molar-refractivity contribution >= 4 is 23.4 Å². The van der Waals surface area contributed by atoms with Gasteiger partial charge in [0, 0.05) is 11.6 Å². The first-order chi connectivity index (χ1) is 7.79. The largest absolute Gasteiger partial charge is 0.157 e. The summed E-state index contributed by atoms with van der Waals surface area (Å²) >= 11 is 7.80. The molecule has 1 aliphatic carbocycles. The predicted molar refractivity (Wildman–Crippen MR) is 74.5 cm³/mol. The van der Waals surface area contributed by atoms with Crippen molar-refractivity contribution in [3.05, 3.63) is 34.9 Å². The molecule has 0 nitrogen and oxygen atoms in total. The van der Waals surface area contributed by atoms with Crippen LogP contribution in [0.25, 0.3) is 0 Å². The van der Waals surface area contributed by atoms with E-state index in [1.54, 1.807) is 11.1 Å². The Hall–Kier alpha value is -0.140. The summed E-state index contributed by atoms with van der Waals surface area (Å²) in [5, 5.41) is 0. The fourth-order valence-corrected chi connectivity index (χ4v) is 3.43. The zero-order chi connectivity index (χ0) is 11.4. The fourth-order valence-electron chi connectivity index (χ4n) is 2.14. The Morgan fingerprint density at radius 3 is 2.94 bits per heavy atom. The summed E-state index contributed by atoms with van der Waals surface area (Å²) in [6.07, 6.45) is 3.91. The molecule has 2 heteroatoms. The first-order valence-corrected chi connectivity index (χ1v) is 7.73. The van der Waals surface area contributed by atoms with Crippen molar-refractivity contribution in [1.82, 2.24) is 0 Å². The molecule has 0 radical (unpaired) electrons. The Morgan fingerprint density at radius 2 is 2.12 bits per heavy atom. The lowest BCUT2D eigenvalue weighted by molar-refractivity contribution is 0.759. The Morgan fingerprint density at radius 1 is 1.31 bits per heavy atom. The van der Waals surface area contributed by atoms with Gasteiger partial charge in [-0.05, 0) is 47.6 Å². The minimum absolute atomic E-state index is 0.626. The number of alkyl halides is 1. The number of halogens is 1. The van der Waals surface area contributed by atoms with Crippen LogP contribution in [0.3, 0.4) is 0 Å². The molecule has 0 aromatic heterocycles. The van der Waals surface area contributed by atoms with Crippen LogP contribution in [0.5, 0.6) is 0 Å². The average Bonchev–Trinajstić information content (AvgIpc) is 2.76. The van der Waals surface area contributed by atoms with Crippen molar-refractivity contribution < 1.29 is 0 Å². The van der Waals surface area contributed by atoms with Gasteiger partial charge in [-0.3, -0.25) is 0 Å². The highest BCUT2D eigenvalue weighted by Gasteiger charge is 2.10. The maximum atomic E-state index is 5.80. The van der Waals surface area contributed by atoms with E-state index in [9.17, 15) is 0 Å². The van der Waals surface area contributed by atoms with E-state index in [4.69, 9.17) is 11.6 Å². The van der Waals surface area contributed by atoms with Crippen LogP contribution in [-0.2, 0) is 18.6 Å². The standard InChI is InChI=1S/C14H19ClS/c1-11(8-15)9-16-10-12-5-6-13-3-2-4-14(13)7-12/h5-7,11H,2-4,8-10H2,1H3. The maximum Gasteiger partial charge on any atom is 0.0257 e. The van der Waals surface area contributed by atoms with Crippen LogP contribution in [-0.4, -0.2) is 11.6 Å². The molecule has 1 aromatic carbocycles. The van der Waals surface area contributed by atoms with Gasteiger partial charge in [-0.15, -0.1) is 11.6 Å². The zero-order valence-corrected chi connectivity index (χ0v) is 11.4. The van der Waals surface area contributed by atoms with Gasteiger partial charge in [0.05, 0.1) is 0 Å². The van der Waals surface area contributed by atoms with Crippen LogP contribution in [0.2, 0.25) is 0 Å². The van der Waals surface area contributed by atoms with Crippen LogP contribution >= 0.6 is 23.4 Å². The molecule has 16 heavy (non-hydrogen) atoms. The SMILES string of the molecule is CC(CCl)CSCc1ccc2c(c1)CCC2. The van der Waals surface area contributed by atoms with Crippen LogP contribution < -0.4 is 0 Å². The summed E-state index contributed by atoms with van der Waals surface area (Å²) in [6.45, 7) is 2.21. The van der Waals surface area contributed by atoms with Gasteiger partial charge in [0.15, 0.2) is 0 Å². The topological polar surface area (TPSA) is 0 Å². The van der Waals surface area contributed by atoms with Crippen molar-refractivity contribution in [2.24, 2.45) is 5.92 Å². The quantitative estimate of drug-likeness (QED) is 0.707. The summed E-state index contributed by atoms with van der Waals surface area (Å²) in [4.78, 5) is 0. The average molecular weight is 255 g/mol. The Labute approximate surface area is 108 Å². The lowest BCUT2D eigenvalue weighted by Gasteiger charge is -2.08. The molecule has 2 rings (SSSR count). The molecular weight excluding hydrogens is 236 g/mol. The molecule has 0 fully saturated rings. The van der Waals surface area contributed by atoms with E-state index < -0.39 is 0 Å². The highest BCUT2D eigenvalue weighted by molar-refractivity contribution is 7.98. The first kappa shape index (κ1) is 12.3.